The molecule has 1 saturated heterocycles. The van der Waals surface area contributed by atoms with E-state index in [2.05, 4.69) is 41.9 Å². The third-order valence-electron chi connectivity index (χ3n) is 5.96. The molecule has 3 aromatic rings. The van der Waals surface area contributed by atoms with Crippen LogP contribution in [-0.2, 0) is 11.2 Å². The van der Waals surface area contributed by atoms with E-state index >= 15 is 0 Å². The second kappa shape index (κ2) is 7.51. The van der Waals surface area contributed by atoms with Crippen molar-refractivity contribution in [1.29, 1.82) is 0 Å². The van der Waals surface area contributed by atoms with Crippen LogP contribution in [0, 0.1) is 20.8 Å². The molecule has 4 nitrogen and oxygen atoms in total. The van der Waals surface area contributed by atoms with E-state index in [1.165, 1.54) is 16.8 Å². The van der Waals surface area contributed by atoms with Crippen LogP contribution in [0.2, 0.25) is 5.02 Å². The number of rotatable bonds is 3. The number of halogens is 1. The molecule has 1 N–H and O–H groups in total. The summed E-state index contributed by atoms with van der Waals surface area (Å²) in [7, 11) is 0. The lowest BCUT2D eigenvalue weighted by Gasteiger charge is -2.37. The smallest absolute Gasteiger partial charge is 0.227 e. The molecule has 1 aliphatic heterocycles. The van der Waals surface area contributed by atoms with E-state index in [0.717, 1.165) is 48.3 Å². The first-order valence-electron chi connectivity index (χ1n) is 9.79. The number of H-pyrrole nitrogens is 1. The topological polar surface area (TPSA) is 39.3 Å². The Morgan fingerprint density at radius 3 is 2.57 bits per heavy atom. The minimum absolute atomic E-state index is 0.185. The van der Waals surface area contributed by atoms with E-state index in [-0.39, 0.29) is 5.91 Å². The highest BCUT2D eigenvalue weighted by molar-refractivity contribution is 6.31. The van der Waals surface area contributed by atoms with Gasteiger partial charge >= 0.3 is 0 Å². The Labute approximate surface area is 171 Å². The van der Waals surface area contributed by atoms with Gasteiger partial charge in [-0.1, -0.05) is 23.7 Å². The number of carbonyl (C=O) groups is 1. The van der Waals surface area contributed by atoms with E-state index in [1.807, 2.05) is 30.0 Å². The Balaban J connectivity index is 1.46. The van der Waals surface area contributed by atoms with E-state index in [1.54, 1.807) is 0 Å². The summed E-state index contributed by atoms with van der Waals surface area (Å²) < 4.78 is 0. The standard InChI is InChI=1S/C23H26ClN3O/c1-15-5-4-6-22(16(15)2)26-9-11-27(12-10-26)23(28)14-19-17(3)25-21-8-7-18(24)13-20(19)21/h4-8,13,25H,9-12,14H2,1-3H3. The normalized spacial score (nSPS) is 14.7. The van der Waals surface area contributed by atoms with Crippen molar-refractivity contribution < 1.29 is 4.79 Å². The summed E-state index contributed by atoms with van der Waals surface area (Å²) in [5, 5.41) is 1.75. The number of carbonyl (C=O) groups excluding carboxylic acids is 1. The van der Waals surface area contributed by atoms with Gasteiger partial charge in [0.25, 0.3) is 0 Å². The van der Waals surface area contributed by atoms with E-state index in [9.17, 15) is 4.79 Å². The predicted octanol–water partition coefficient (Wildman–Crippen LogP) is 4.64. The summed E-state index contributed by atoms with van der Waals surface area (Å²) in [6, 6.07) is 12.2. The molecule has 0 saturated carbocycles. The van der Waals surface area contributed by atoms with Crippen molar-refractivity contribution in [3.05, 3.63) is 63.8 Å². The highest BCUT2D eigenvalue weighted by Crippen LogP contribution is 2.27. The summed E-state index contributed by atoms with van der Waals surface area (Å²) >= 11 is 6.17. The molecule has 0 aliphatic carbocycles. The van der Waals surface area contributed by atoms with Crippen molar-refractivity contribution in [3.8, 4) is 0 Å². The molecule has 2 heterocycles. The number of anilines is 1. The quantitative estimate of drug-likeness (QED) is 0.701. The van der Waals surface area contributed by atoms with Crippen LogP contribution in [0.4, 0.5) is 5.69 Å². The zero-order valence-corrected chi connectivity index (χ0v) is 17.4. The van der Waals surface area contributed by atoms with Gasteiger partial charge < -0.3 is 14.8 Å². The van der Waals surface area contributed by atoms with Crippen molar-refractivity contribution in [3.63, 3.8) is 0 Å². The molecule has 2 aromatic carbocycles. The zero-order valence-electron chi connectivity index (χ0n) is 16.7. The van der Waals surface area contributed by atoms with Gasteiger partial charge in [0.15, 0.2) is 0 Å². The Kier molecular flexibility index (Phi) is 5.07. The summed E-state index contributed by atoms with van der Waals surface area (Å²) in [4.78, 5) is 20.7. The number of benzene rings is 2. The Morgan fingerprint density at radius 2 is 1.82 bits per heavy atom. The number of hydrogen-bond acceptors (Lipinski definition) is 2. The SMILES string of the molecule is Cc1cccc(N2CCN(C(=O)Cc3c(C)[nH]c4ccc(Cl)cc34)CC2)c1C. The van der Waals surface area contributed by atoms with Gasteiger partial charge in [-0.05, 0) is 61.7 Å². The number of piperazine rings is 1. The van der Waals surface area contributed by atoms with Crippen LogP contribution in [-0.4, -0.2) is 42.0 Å². The van der Waals surface area contributed by atoms with E-state index in [4.69, 9.17) is 11.6 Å². The number of nitrogens with one attached hydrogen (secondary N) is 1. The first-order valence-corrected chi connectivity index (χ1v) is 10.2. The highest BCUT2D eigenvalue weighted by Gasteiger charge is 2.23. The second-order valence-corrected chi connectivity index (χ2v) is 8.12. The van der Waals surface area contributed by atoms with Gasteiger partial charge in [-0.15, -0.1) is 0 Å². The molecule has 28 heavy (non-hydrogen) atoms. The zero-order chi connectivity index (χ0) is 19.8. The molecular formula is C23H26ClN3O. The number of aromatic amines is 1. The van der Waals surface area contributed by atoms with Gasteiger partial charge in [0.2, 0.25) is 5.91 Å². The van der Waals surface area contributed by atoms with E-state index in [0.29, 0.717) is 11.4 Å². The van der Waals surface area contributed by atoms with Crippen molar-refractivity contribution in [2.75, 3.05) is 31.1 Å². The molecule has 4 rings (SSSR count). The average Bonchev–Trinajstić information content (AvgIpc) is 2.99. The first-order chi connectivity index (χ1) is 13.4. The third kappa shape index (κ3) is 3.49. The second-order valence-electron chi connectivity index (χ2n) is 7.68. The number of amides is 1. The molecule has 0 radical (unpaired) electrons. The Bertz CT molecular complexity index is 1030. The van der Waals surface area contributed by atoms with Gasteiger partial charge in [0.1, 0.15) is 0 Å². The van der Waals surface area contributed by atoms with Crippen molar-refractivity contribution >= 4 is 34.1 Å². The lowest BCUT2D eigenvalue weighted by molar-refractivity contribution is -0.130. The van der Waals surface area contributed by atoms with E-state index < -0.39 is 0 Å². The largest absolute Gasteiger partial charge is 0.368 e. The third-order valence-corrected chi connectivity index (χ3v) is 6.19. The number of hydrogen-bond donors (Lipinski definition) is 1. The van der Waals surface area contributed by atoms with Crippen LogP contribution in [0.5, 0.6) is 0 Å². The maximum absolute atomic E-state index is 13.0. The molecule has 5 heteroatoms. The van der Waals surface area contributed by atoms with Crippen LogP contribution in [0.1, 0.15) is 22.4 Å². The molecule has 1 aliphatic rings. The van der Waals surface area contributed by atoms with Crippen LogP contribution in [0.3, 0.4) is 0 Å². The molecular weight excluding hydrogens is 370 g/mol. The predicted molar refractivity (Wildman–Crippen MR) is 116 cm³/mol. The molecule has 0 unspecified atom stereocenters. The summed E-state index contributed by atoms with van der Waals surface area (Å²) in [6.45, 7) is 9.60. The number of aryl methyl sites for hydroxylation is 2. The molecule has 146 valence electrons. The fraction of sp³-hybridized carbons (Fsp3) is 0.348. The molecule has 1 amide bonds. The number of fused-ring (bicyclic) bond motifs is 1. The van der Waals surface area contributed by atoms with Crippen LogP contribution >= 0.6 is 11.6 Å². The van der Waals surface area contributed by atoms with Crippen LogP contribution in [0.25, 0.3) is 10.9 Å². The van der Waals surface area contributed by atoms with Gasteiger partial charge in [-0.2, -0.15) is 0 Å². The lowest BCUT2D eigenvalue weighted by atomic mass is 10.1. The van der Waals surface area contributed by atoms with Crippen molar-refractivity contribution in [1.82, 2.24) is 9.88 Å². The number of nitrogens with zero attached hydrogens (tertiary/aromatic N) is 2. The molecule has 1 aromatic heterocycles. The molecule has 0 bridgehead atoms. The highest BCUT2D eigenvalue weighted by atomic mass is 35.5. The molecule has 0 atom stereocenters. The number of aromatic nitrogens is 1. The fourth-order valence-electron chi connectivity index (χ4n) is 4.12. The fourth-order valence-corrected chi connectivity index (χ4v) is 4.29. The summed E-state index contributed by atoms with van der Waals surface area (Å²) in [6.07, 6.45) is 0.412. The van der Waals surface area contributed by atoms with Gasteiger partial charge in [0, 0.05) is 53.5 Å². The monoisotopic (exact) mass is 395 g/mol. The van der Waals surface area contributed by atoms with Crippen molar-refractivity contribution in [2.45, 2.75) is 27.2 Å². The summed E-state index contributed by atoms with van der Waals surface area (Å²) in [5.41, 5.74) is 7.05. The maximum atomic E-state index is 13.0. The van der Waals surface area contributed by atoms with Crippen LogP contribution in [0.15, 0.2) is 36.4 Å². The van der Waals surface area contributed by atoms with Gasteiger partial charge in [0.05, 0.1) is 6.42 Å². The first kappa shape index (κ1) is 18.9. The maximum Gasteiger partial charge on any atom is 0.227 e. The Morgan fingerprint density at radius 1 is 1.07 bits per heavy atom. The van der Waals surface area contributed by atoms with Crippen molar-refractivity contribution in [2.24, 2.45) is 0 Å². The summed E-state index contributed by atoms with van der Waals surface area (Å²) in [5.74, 6) is 0.185. The lowest BCUT2D eigenvalue weighted by Crippen LogP contribution is -2.49. The van der Waals surface area contributed by atoms with Gasteiger partial charge in [-0.25, -0.2) is 0 Å². The minimum Gasteiger partial charge on any atom is -0.368 e. The Hall–Kier alpha value is -2.46. The van der Waals surface area contributed by atoms with Crippen LogP contribution < -0.4 is 4.90 Å². The van der Waals surface area contributed by atoms with Gasteiger partial charge in [-0.3, -0.25) is 4.79 Å². The molecule has 1 fully saturated rings. The molecule has 0 spiro atoms. The average molecular weight is 396 g/mol. The minimum atomic E-state index is 0.185.